The van der Waals surface area contributed by atoms with Crippen LogP contribution in [0.25, 0.3) is 11.4 Å². The second-order valence-corrected chi connectivity index (χ2v) is 7.34. The minimum atomic E-state index is -0.147. The molecule has 0 saturated carbocycles. The van der Waals surface area contributed by atoms with Crippen molar-refractivity contribution in [3.8, 4) is 11.4 Å². The molecule has 0 aliphatic carbocycles. The van der Waals surface area contributed by atoms with Gasteiger partial charge in [-0.15, -0.1) is 10.2 Å². The summed E-state index contributed by atoms with van der Waals surface area (Å²) in [5, 5.41) is 12.7. The first kappa shape index (κ1) is 20.4. The molecule has 1 heterocycles. The molecule has 0 aliphatic rings. The number of benzene rings is 2. The van der Waals surface area contributed by atoms with Crippen LogP contribution in [0.3, 0.4) is 0 Å². The van der Waals surface area contributed by atoms with Gasteiger partial charge >= 0.3 is 0 Å². The summed E-state index contributed by atoms with van der Waals surface area (Å²) in [6.07, 6.45) is 0.827. The molecule has 0 spiro atoms. The minimum absolute atomic E-state index is 0.147. The fourth-order valence-corrected chi connectivity index (χ4v) is 3.59. The normalized spacial score (nSPS) is 10.8. The number of carbonyl (C=O) groups excluding carboxylic acids is 1. The molecule has 1 N–H and O–H groups in total. The van der Waals surface area contributed by atoms with Crippen molar-refractivity contribution >= 4 is 35.0 Å². The van der Waals surface area contributed by atoms with E-state index in [1.165, 1.54) is 11.8 Å². The summed E-state index contributed by atoms with van der Waals surface area (Å²) in [4.78, 5) is 12.3. The van der Waals surface area contributed by atoms with Crippen LogP contribution in [-0.4, -0.2) is 40.1 Å². The van der Waals surface area contributed by atoms with E-state index < -0.39 is 0 Å². The van der Waals surface area contributed by atoms with Gasteiger partial charge in [-0.2, -0.15) is 0 Å². The Kier molecular flexibility index (Phi) is 7.47. The Hall–Kier alpha value is -2.35. The summed E-state index contributed by atoms with van der Waals surface area (Å²) >= 11 is 7.44. The Morgan fingerprint density at radius 1 is 1.14 bits per heavy atom. The number of halogens is 1. The van der Waals surface area contributed by atoms with Crippen molar-refractivity contribution in [3.05, 3.63) is 59.6 Å². The Morgan fingerprint density at radius 3 is 2.64 bits per heavy atom. The van der Waals surface area contributed by atoms with Crippen LogP contribution in [0.4, 0.5) is 5.69 Å². The van der Waals surface area contributed by atoms with Gasteiger partial charge in [0, 0.05) is 25.8 Å². The molecule has 0 atom stereocenters. The number of nitrogens with zero attached hydrogens (tertiary/aromatic N) is 3. The Morgan fingerprint density at radius 2 is 1.89 bits per heavy atom. The monoisotopic (exact) mass is 416 g/mol. The number of anilines is 1. The number of rotatable bonds is 9. The maximum Gasteiger partial charge on any atom is 0.234 e. The first-order valence-electron chi connectivity index (χ1n) is 8.84. The van der Waals surface area contributed by atoms with Gasteiger partial charge in [-0.25, -0.2) is 0 Å². The number of ether oxygens (including phenoxy) is 1. The largest absolute Gasteiger partial charge is 0.385 e. The molecule has 0 radical (unpaired) electrons. The lowest BCUT2D eigenvalue weighted by atomic mass is 10.2. The topological polar surface area (TPSA) is 69.0 Å². The van der Waals surface area contributed by atoms with Gasteiger partial charge in [-0.1, -0.05) is 65.8 Å². The summed E-state index contributed by atoms with van der Waals surface area (Å²) in [7, 11) is 1.68. The maximum absolute atomic E-state index is 12.3. The average Bonchev–Trinajstić information content (AvgIpc) is 3.12. The second-order valence-electron chi connectivity index (χ2n) is 5.99. The van der Waals surface area contributed by atoms with Gasteiger partial charge in [0.15, 0.2) is 11.0 Å². The Labute approximate surface area is 173 Å². The average molecular weight is 417 g/mol. The van der Waals surface area contributed by atoms with Crippen LogP contribution in [0.1, 0.15) is 6.42 Å². The van der Waals surface area contributed by atoms with Crippen molar-refractivity contribution in [1.29, 1.82) is 0 Å². The van der Waals surface area contributed by atoms with Crippen molar-refractivity contribution in [2.24, 2.45) is 0 Å². The zero-order valence-electron chi connectivity index (χ0n) is 15.5. The lowest BCUT2D eigenvalue weighted by Gasteiger charge is -2.10. The molecule has 3 aromatic rings. The highest BCUT2D eigenvalue weighted by Gasteiger charge is 2.16. The van der Waals surface area contributed by atoms with E-state index in [9.17, 15) is 4.79 Å². The van der Waals surface area contributed by atoms with E-state index in [4.69, 9.17) is 16.3 Å². The van der Waals surface area contributed by atoms with Crippen molar-refractivity contribution in [2.45, 2.75) is 18.1 Å². The van der Waals surface area contributed by atoms with Crippen molar-refractivity contribution in [3.63, 3.8) is 0 Å². The zero-order chi connectivity index (χ0) is 19.8. The third-order valence-electron chi connectivity index (χ3n) is 3.96. The van der Waals surface area contributed by atoms with Gasteiger partial charge in [0.25, 0.3) is 0 Å². The smallest absolute Gasteiger partial charge is 0.234 e. The molecule has 1 amide bonds. The minimum Gasteiger partial charge on any atom is -0.385 e. The van der Waals surface area contributed by atoms with E-state index in [0.29, 0.717) is 29.0 Å². The SMILES string of the molecule is COCCCn1c(SCC(=O)Nc2ccccc2Cl)nnc1-c1ccccc1. The van der Waals surface area contributed by atoms with Crippen LogP contribution in [0.15, 0.2) is 59.8 Å². The van der Waals surface area contributed by atoms with Gasteiger partial charge in [-0.05, 0) is 18.6 Å². The number of carbonyl (C=O) groups is 1. The predicted octanol–water partition coefficient (Wildman–Crippen LogP) is 4.37. The van der Waals surface area contributed by atoms with Crippen LogP contribution in [0.5, 0.6) is 0 Å². The number of para-hydroxylation sites is 1. The number of methoxy groups -OCH3 is 1. The zero-order valence-corrected chi connectivity index (χ0v) is 17.0. The molecule has 6 nitrogen and oxygen atoms in total. The second kappa shape index (κ2) is 10.3. The third-order valence-corrected chi connectivity index (χ3v) is 5.26. The quantitative estimate of drug-likeness (QED) is 0.414. The van der Waals surface area contributed by atoms with Gasteiger partial charge in [-0.3, -0.25) is 4.79 Å². The summed E-state index contributed by atoms with van der Waals surface area (Å²) in [6.45, 7) is 1.35. The molecule has 1 aromatic heterocycles. The lowest BCUT2D eigenvalue weighted by Crippen LogP contribution is -2.15. The molecule has 146 valence electrons. The number of aromatic nitrogens is 3. The van der Waals surface area contributed by atoms with Crippen molar-refractivity contribution < 1.29 is 9.53 Å². The summed E-state index contributed by atoms with van der Waals surface area (Å²) in [5.74, 6) is 0.846. The highest BCUT2D eigenvalue weighted by molar-refractivity contribution is 7.99. The van der Waals surface area contributed by atoms with E-state index in [-0.39, 0.29) is 11.7 Å². The fourth-order valence-electron chi connectivity index (χ4n) is 2.64. The van der Waals surface area contributed by atoms with Crippen LogP contribution in [-0.2, 0) is 16.1 Å². The molecule has 0 unspecified atom stereocenters. The Bertz CT molecular complexity index is 918. The van der Waals surface area contributed by atoms with Gasteiger partial charge in [0.05, 0.1) is 16.5 Å². The molecule has 3 rings (SSSR count). The predicted molar refractivity (Wildman–Crippen MR) is 113 cm³/mol. The summed E-state index contributed by atoms with van der Waals surface area (Å²) in [5.41, 5.74) is 1.58. The van der Waals surface area contributed by atoms with E-state index in [0.717, 1.165) is 17.8 Å². The van der Waals surface area contributed by atoms with E-state index in [2.05, 4.69) is 15.5 Å². The van der Waals surface area contributed by atoms with Gasteiger partial charge < -0.3 is 14.6 Å². The molecule has 0 aliphatic heterocycles. The highest BCUT2D eigenvalue weighted by atomic mass is 35.5. The number of thioether (sulfide) groups is 1. The molecule has 8 heteroatoms. The molecule has 0 bridgehead atoms. The Balaban J connectivity index is 1.71. The molecular weight excluding hydrogens is 396 g/mol. The molecule has 2 aromatic carbocycles. The van der Waals surface area contributed by atoms with Crippen LogP contribution in [0, 0.1) is 0 Å². The molecule has 0 fully saturated rings. The van der Waals surface area contributed by atoms with Crippen molar-refractivity contribution in [1.82, 2.24) is 14.8 Å². The van der Waals surface area contributed by atoms with Crippen molar-refractivity contribution in [2.75, 3.05) is 24.8 Å². The van der Waals surface area contributed by atoms with E-state index >= 15 is 0 Å². The van der Waals surface area contributed by atoms with E-state index in [1.807, 2.05) is 47.0 Å². The number of hydrogen-bond acceptors (Lipinski definition) is 5. The van der Waals surface area contributed by atoms with Crippen LogP contribution in [0.2, 0.25) is 5.02 Å². The first-order chi connectivity index (χ1) is 13.7. The summed E-state index contributed by atoms with van der Waals surface area (Å²) < 4.78 is 7.19. The standard InChI is InChI=1S/C20H21ClN4O2S/c1-27-13-7-12-25-19(15-8-3-2-4-9-15)23-24-20(25)28-14-18(26)22-17-11-6-5-10-16(17)21/h2-6,8-11H,7,12-14H2,1H3,(H,22,26). The fraction of sp³-hybridized carbons (Fsp3) is 0.250. The van der Waals surface area contributed by atoms with Gasteiger partial charge in [0.1, 0.15) is 0 Å². The third kappa shape index (κ3) is 5.34. The molecular formula is C20H21ClN4O2S. The number of hydrogen-bond donors (Lipinski definition) is 1. The molecule has 28 heavy (non-hydrogen) atoms. The lowest BCUT2D eigenvalue weighted by molar-refractivity contribution is -0.113. The molecule has 0 saturated heterocycles. The highest BCUT2D eigenvalue weighted by Crippen LogP contribution is 2.25. The van der Waals surface area contributed by atoms with Gasteiger partial charge in [0.2, 0.25) is 5.91 Å². The number of amides is 1. The number of nitrogens with one attached hydrogen (secondary N) is 1. The maximum atomic E-state index is 12.3. The summed E-state index contributed by atoms with van der Waals surface area (Å²) in [6, 6.07) is 17.0. The van der Waals surface area contributed by atoms with Crippen LogP contribution < -0.4 is 5.32 Å². The van der Waals surface area contributed by atoms with E-state index in [1.54, 1.807) is 19.2 Å². The van der Waals surface area contributed by atoms with Crippen LogP contribution >= 0.6 is 23.4 Å². The first-order valence-corrected chi connectivity index (χ1v) is 10.2.